The quantitative estimate of drug-likeness (QED) is 0.603. The Morgan fingerprint density at radius 2 is 1.82 bits per heavy atom. The summed E-state index contributed by atoms with van der Waals surface area (Å²) in [5, 5.41) is 15.6. The largest absolute Gasteiger partial charge is 0.481 e. The molecule has 17 heavy (non-hydrogen) atoms. The van der Waals surface area contributed by atoms with E-state index in [2.05, 4.69) is 10.6 Å². The molecular formula is C12H20N2O3. The summed E-state index contributed by atoms with van der Waals surface area (Å²) < 4.78 is 0. The summed E-state index contributed by atoms with van der Waals surface area (Å²) in [6.07, 6.45) is 3.33. The van der Waals surface area contributed by atoms with E-state index in [9.17, 15) is 14.7 Å². The maximum Gasteiger partial charge on any atom is 0.314 e. The van der Waals surface area contributed by atoms with Gasteiger partial charge < -0.3 is 15.7 Å². The Hall–Kier alpha value is -0.940. The third-order valence-corrected chi connectivity index (χ3v) is 3.83. The lowest BCUT2D eigenvalue weighted by Crippen LogP contribution is -2.45. The van der Waals surface area contributed by atoms with Crippen LogP contribution in [0.15, 0.2) is 0 Å². The number of carbonyl (C=O) groups is 2. The number of carboxylic acid groups (broad SMARTS) is 1. The van der Waals surface area contributed by atoms with E-state index in [1.807, 2.05) is 0 Å². The highest BCUT2D eigenvalue weighted by molar-refractivity contribution is 6.01. The SMILES string of the molecule is O=C(O)C(C(=O)C1CCCN1)C1CCNCC1. The Morgan fingerprint density at radius 3 is 2.35 bits per heavy atom. The fourth-order valence-electron chi connectivity index (χ4n) is 2.88. The molecule has 0 bridgehead atoms. The molecule has 0 aromatic carbocycles. The standard InChI is InChI=1S/C12H20N2O3/c15-11(9-2-1-5-14-9)10(12(16)17)8-3-6-13-7-4-8/h8-10,13-14H,1-7H2,(H,16,17). The second-order valence-corrected chi connectivity index (χ2v) is 4.95. The van der Waals surface area contributed by atoms with Crippen LogP contribution in [0.2, 0.25) is 0 Å². The molecular weight excluding hydrogens is 220 g/mol. The van der Waals surface area contributed by atoms with E-state index in [4.69, 9.17) is 0 Å². The second-order valence-electron chi connectivity index (χ2n) is 4.95. The number of Topliss-reactive ketones (excluding diaryl/α,β-unsaturated/α-hetero) is 1. The predicted octanol–water partition coefficient (Wildman–Crippen LogP) is 0.00790. The first-order valence-corrected chi connectivity index (χ1v) is 6.41. The van der Waals surface area contributed by atoms with Crippen molar-refractivity contribution in [1.29, 1.82) is 0 Å². The van der Waals surface area contributed by atoms with Crippen LogP contribution < -0.4 is 10.6 Å². The van der Waals surface area contributed by atoms with Crippen LogP contribution in [0, 0.1) is 11.8 Å². The number of hydrogen-bond donors (Lipinski definition) is 3. The van der Waals surface area contributed by atoms with Gasteiger partial charge in [0.05, 0.1) is 6.04 Å². The monoisotopic (exact) mass is 240 g/mol. The van der Waals surface area contributed by atoms with Gasteiger partial charge in [-0.2, -0.15) is 0 Å². The van der Waals surface area contributed by atoms with Gasteiger partial charge in [0.15, 0.2) is 5.78 Å². The zero-order chi connectivity index (χ0) is 12.3. The van der Waals surface area contributed by atoms with Gasteiger partial charge in [0.1, 0.15) is 5.92 Å². The van der Waals surface area contributed by atoms with Gasteiger partial charge in [0.25, 0.3) is 0 Å². The number of ketones is 1. The van der Waals surface area contributed by atoms with Gasteiger partial charge in [-0.15, -0.1) is 0 Å². The first kappa shape index (κ1) is 12.5. The highest BCUT2D eigenvalue weighted by Gasteiger charge is 2.39. The van der Waals surface area contributed by atoms with Crippen molar-refractivity contribution in [2.75, 3.05) is 19.6 Å². The first-order chi connectivity index (χ1) is 8.20. The van der Waals surface area contributed by atoms with Gasteiger partial charge in [-0.3, -0.25) is 9.59 Å². The van der Waals surface area contributed by atoms with Crippen LogP contribution >= 0.6 is 0 Å². The molecule has 0 aliphatic carbocycles. The van der Waals surface area contributed by atoms with Gasteiger partial charge in [-0.1, -0.05) is 0 Å². The van der Waals surface area contributed by atoms with Crippen molar-refractivity contribution < 1.29 is 14.7 Å². The van der Waals surface area contributed by atoms with E-state index in [0.717, 1.165) is 45.3 Å². The molecule has 2 unspecified atom stereocenters. The molecule has 0 radical (unpaired) electrons. The maximum atomic E-state index is 12.2. The zero-order valence-corrected chi connectivity index (χ0v) is 9.95. The van der Waals surface area contributed by atoms with Crippen LogP contribution in [0.5, 0.6) is 0 Å². The van der Waals surface area contributed by atoms with Crippen LogP contribution in [-0.4, -0.2) is 42.5 Å². The molecule has 5 heteroatoms. The van der Waals surface area contributed by atoms with Crippen LogP contribution in [0.3, 0.4) is 0 Å². The van der Waals surface area contributed by atoms with Crippen LogP contribution in [0.25, 0.3) is 0 Å². The summed E-state index contributed by atoms with van der Waals surface area (Å²) in [5.41, 5.74) is 0. The number of hydrogen-bond acceptors (Lipinski definition) is 4. The van der Waals surface area contributed by atoms with Gasteiger partial charge >= 0.3 is 5.97 Å². The molecule has 96 valence electrons. The lowest BCUT2D eigenvalue weighted by Gasteiger charge is -2.28. The molecule has 2 saturated heterocycles. The van der Waals surface area contributed by atoms with Crippen molar-refractivity contribution in [2.24, 2.45) is 11.8 Å². The number of piperidine rings is 1. The fourth-order valence-corrected chi connectivity index (χ4v) is 2.88. The van der Waals surface area contributed by atoms with Crippen molar-refractivity contribution in [1.82, 2.24) is 10.6 Å². The van der Waals surface area contributed by atoms with Crippen molar-refractivity contribution in [2.45, 2.75) is 31.7 Å². The Morgan fingerprint density at radius 1 is 1.12 bits per heavy atom. The number of aliphatic carboxylic acids is 1. The lowest BCUT2D eigenvalue weighted by molar-refractivity contribution is -0.149. The molecule has 2 aliphatic rings. The van der Waals surface area contributed by atoms with E-state index in [0.29, 0.717) is 0 Å². The molecule has 5 nitrogen and oxygen atoms in total. The molecule has 2 atom stereocenters. The van der Waals surface area contributed by atoms with Crippen LogP contribution in [-0.2, 0) is 9.59 Å². The Kier molecular flexibility index (Phi) is 4.12. The molecule has 2 rings (SSSR count). The lowest BCUT2D eigenvalue weighted by atomic mass is 9.80. The van der Waals surface area contributed by atoms with Crippen LogP contribution in [0.4, 0.5) is 0 Å². The molecule has 0 amide bonds. The summed E-state index contributed by atoms with van der Waals surface area (Å²) >= 11 is 0. The minimum atomic E-state index is -0.949. The topological polar surface area (TPSA) is 78.4 Å². The smallest absolute Gasteiger partial charge is 0.314 e. The van der Waals surface area contributed by atoms with Crippen LogP contribution in [0.1, 0.15) is 25.7 Å². The Balaban J connectivity index is 2.04. The number of rotatable bonds is 4. The van der Waals surface area contributed by atoms with E-state index in [1.54, 1.807) is 0 Å². The summed E-state index contributed by atoms with van der Waals surface area (Å²) in [6.45, 7) is 2.47. The summed E-state index contributed by atoms with van der Waals surface area (Å²) in [7, 11) is 0. The van der Waals surface area contributed by atoms with Crippen molar-refractivity contribution in [3.8, 4) is 0 Å². The normalized spacial score (nSPS) is 27.9. The van der Waals surface area contributed by atoms with Gasteiger partial charge in [0.2, 0.25) is 0 Å². The van der Waals surface area contributed by atoms with E-state index < -0.39 is 11.9 Å². The minimum absolute atomic E-state index is 0.00338. The number of nitrogens with one attached hydrogen (secondary N) is 2. The van der Waals surface area contributed by atoms with E-state index >= 15 is 0 Å². The van der Waals surface area contributed by atoms with Gasteiger partial charge in [-0.05, 0) is 51.2 Å². The Bertz CT molecular complexity index is 294. The number of carboxylic acids is 1. The van der Waals surface area contributed by atoms with Crippen molar-refractivity contribution >= 4 is 11.8 Å². The molecule has 0 aromatic heterocycles. The Labute approximate surface area is 101 Å². The predicted molar refractivity (Wildman–Crippen MR) is 62.8 cm³/mol. The van der Waals surface area contributed by atoms with Crippen molar-refractivity contribution in [3.63, 3.8) is 0 Å². The maximum absolute atomic E-state index is 12.2. The van der Waals surface area contributed by atoms with E-state index in [-0.39, 0.29) is 17.7 Å². The highest BCUT2D eigenvalue weighted by atomic mass is 16.4. The molecule has 0 aromatic rings. The third-order valence-electron chi connectivity index (χ3n) is 3.83. The average Bonchev–Trinajstić information content (AvgIpc) is 2.83. The average molecular weight is 240 g/mol. The van der Waals surface area contributed by atoms with Crippen molar-refractivity contribution in [3.05, 3.63) is 0 Å². The molecule has 2 fully saturated rings. The summed E-state index contributed by atoms with van der Waals surface area (Å²) in [4.78, 5) is 23.6. The fraction of sp³-hybridized carbons (Fsp3) is 0.833. The molecule has 0 saturated carbocycles. The molecule has 3 N–H and O–H groups in total. The molecule has 2 heterocycles. The first-order valence-electron chi connectivity index (χ1n) is 6.41. The minimum Gasteiger partial charge on any atom is -0.481 e. The number of carbonyl (C=O) groups excluding carboxylic acids is 1. The highest BCUT2D eigenvalue weighted by Crippen LogP contribution is 2.25. The molecule has 2 aliphatic heterocycles. The van der Waals surface area contributed by atoms with Gasteiger partial charge in [0, 0.05) is 0 Å². The summed E-state index contributed by atoms with van der Waals surface area (Å²) in [5.74, 6) is -1.87. The zero-order valence-electron chi connectivity index (χ0n) is 9.95. The van der Waals surface area contributed by atoms with Gasteiger partial charge in [-0.25, -0.2) is 0 Å². The summed E-state index contributed by atoms with van der Waals surface area (Å²) in [6, 6.07) is -0.231. The van der Waals surface area contributed by atoms with E-state index in [1.165, 1.54) is 0 Å². The third kappa shape index (κ3) is 2.84. The molecule has 0 spiro atoms. The second kappa shape index (κ2) is 5.60.